The first-order valence-corrected chi connectivity index (χ1v) is 7.06. The quantitative estimate of drug-likeness (QED) is 0.853. The molecule has 1 aromatic carbocycles. The summed E-state index contributed by atoms with van der Waals surface area (Å²) in [6.07, 6.45) is 2.71. The molecule has 1 fully saturated rings. The molecule has 1 unspecified atom stereocenters. The van der Waals surface area contributed by atoms with Crippen LogP contribution in [0.2, 0.25) is 0 Å². The monoisotopic (exact) mass is 259 g/mol. The van der Waals surface area contributed by atoms with Crippen LogP contribution in [0.15, 0.2) is 18.2 Å². The number of nitrogens with one attached hydrogen (secondary N) is 2. The number of benzene rings is 1. The summed E-state index contributed by atoms with van der Waals surface area (Å²) < 4.78 is 0. The number of rotatable bonds is 3. The molecule has 0 aromatic heterocycles. The van der Waals surface area contributed by atoms with E-state index < -0.39 is 0 Å². The lowest BCUT2D eigenvalue weighted by molar-refractivity contribution is -0.118. The molecule has 1 atom stereocenters. The van der Waals surface area contributed by atoms with Gasteiger partial charge in [0.2, 0.25) is 5.91 Å². The van der Waals surface area contributed by atoms with Crippen molar-refractivity contribution in [1.82, 2.24) is 10.6 Å². The lowest BCUT2D eigenvalue weighted by atomic mass is 9.99. The largest absolute Gasteiger partial charge is 0.315 e. The summed E-state index contributed by atoms with van der Waals surface area (Å²) in [5.74, 6) is 0.218. The molecule has 1 amide bonds. The predicted molar refractivity (Wildman–Crippen MR) is 76.3 cm³/mol. The minimum absolute atomic E-state index is 0.218. The smallest absolute Gasteiger partial charge is 0.227 e. The van der Waals surface area contributed by atoms with Gasteiger partial charge in [0.25, 0.3) is 0 Å². The van der Waals surface area contributed by atoms with E-state index in [9.17, 15) is 4.79 Å². The molecule has 1 aromatic rings. The molecular weight excluding hydrogens is 238 g/mol. The number of carbonyl (C=O) groups is 1. The molecular formula is C15H21N3O. The van der Waals surface area contributed by atoms with Crippen LogP contribution in [0.5, 0.6) is 0 Å². The highest BCUT2D eigenvalue weighted by atomic mass is 16.2. The number of carbonyl (C=O) groups excluding carboxylic acids is 1. The van der Waals surface area contributed by atoms with Crippen molar-refractivity contribution in [3.8, 4) is 0 Å². The van der Waals surface area contributed by atoms with E-state index in [-0.39, 0.29) is 5.91 Å². The number of nitrogens with zero attached hydrogens (tertiary/aromatic N) is 1. The Morgan fingerprint density at radius 1 is 1.42 bits per heavy atom. The van der Waals surface area contributed by atoms with Gasteiger partial charge in [0.15, 0.2) is 0 Å². The van der Waals surface area contributed by atoms with Gasteiger partial charge in [-0.1, -0.05) is 12.1 Å². The Kier molecular flexibility index (Phi) is 3.53. The third-order valence-electron chi connectivity index (χ3n) is 4.14. The highest BCUT2D eigenvalue weighted by molar-refractivity contribution is 5.95. The maximum atomic E-state index is 11.6. The van der Waals surface area contributed by atoms with Gasteiger partial charge in [-0.3, -0.25) is 4.79 Å². The predicted octanol–water partition coefficient (Wildman–Crippen LogP) is 1.05. The number of hydrogen-bond acceptors (Lipinski definition) is 3. The molecule has 102 valence electrons. The zero-order chi connectivity index (χ0) is 13.2. The maximum absolute atomic E-state index is 11.6. The molecule has 2 heterocycles. The van der Waals surface area contributed by atoms with Crippen molar-refractivity contribution < 1.29 is 4.79 Å². The van der Waals surface area contributed by atoms with Gasteiger partial charge in [0.05, 0.1) is 0 Å². The van der Waals surface area contributed by atoms with E-state index in [0.29, 0.717) is 12.5 Å². The second-order valence-corrected chi connectivity index (χ2v) is 5.49. The van der Waals surface area contributed by atoms with Crippen molar-refractivity contribution in [3.63, 3.8) is 0 Å². The Labute approximate surface area is 114 Å². The van der Waals surface area contributed by atoms with Crippen LogP contribution in [-0.2, 0) is 17.8 Å². The van der Waals surface area contributed by atoms with E-state index in [0.717, 1.165) is 31.7 Å². The van der Waals surface area contributed by atoms with E-state index in [1.165, 1.54) is 17.5 Å². The molecule has 0 spiro atoms. The number of fused-ring (bicyclic) bond motifs is 1. The summed E-state index contributed by atoms with van der Waals surface area (Å²) in [5.41, 5.74) is 3.68. The first kappa shape index (κ1) is 12.6. The zero-order valence-electron chi connectivity index (χ0n) is 11.4. The Morgan fingerprint density at radius 2 is 2.32 bits per heavy atom. The third-order valence-corrected chi connectivity index (χ3v) is 4.14. The minimum atomic E-state index is 0.218. The van der Waals surface area contributed by atoms with Crippen molar-refractivity contribution in [2.24, 2.45) is 0 Å². The van der Waals surface area contributed by atoms with Crippen molar-refractivity contribution >= 4 is 11.6 Å². The van der Waals surface area contributed by atoms with E-state index in [1.807, 2.05) is 7.05 Å². The highest BCUT2D eigenvalue weighted by Gasteiger charge is 2.21. The Bertz CT molecular complexity index is 480. The van der Waals surface area contributed by atoms with Crippen LogP contribution in [0.4, 0.5) is 5.69 Å². The fourth-order valence-corrected chi connectivity index (χ4v) is 2.91. The molecule has 1 saturated heterocycles. The van der Waals surface area contributed by atoms with E-state index in [2.05, 4.69) is 28.8 Å². The van der Waals surface area contributed by atoms with Gasteiger partial charge in [0, 0.05) is 38.3 Å². The number of hydrogen-bond donors (Lipinski definition) is 2. The third kappa shape index (κ3) is 2.65. The molecule has 0 saturated carbocycles. The van der Waals surface area contributed by atoms with Gasteiger partial charge in [-0.05, 0) is 36.6 Å². The Morgan fingerprint density at radius 3 is 3.11 bits per heavy atom. The Balaban J connectivity index is 1.69. The highest BCUT2D eigenvalue weighted by Crippen LogP contribution is 2.27. The fourth-order valence-electron chi connectivity index (χ4n) is 2.91. The van der Waals surface area contributed by atoms with E-state index >= 15 is 0 Å². The van der Waals surface area contributed by atoms with Gasteiger partial charge in [-0.15, -0.1) is 0 Å². The van der Waals surface area contributed by atoms with Gasteiger partial charge < -0.3 is 15.5 Å². The van der Waals surface area contributed by atoms with Crippen LogP contribution in [0.1, 0.15) is 24.0 Å². The fraction of sp³-hybridized carbons (Fsp3) is 0.533. The lowest BCUT2D eigenvalue weighted by Crippen LogP contribution is -2.32. The van der Waals surface area contributed by atoms with Gasteiger partial charge in [-0.2, -0.15) is 0 Å². The summed E-state index contributed by atoms with van der Waals surface area (Å²) >= 11 is 0. The lowest BCUT2D eigenvalue weighted by Gasteiger charge is -2.26. The average Bonchev–Trinajstić information content (AvgIpc) is 2.94. The van der Waals surface area contributed by atoms with Crippen LogP contribution in [-0.4, -0.2) is 32.1 Å². The van der Waals surface area contributed by atoms with Crippen molar-refractivity contribution in [2.45, 2.75) is 31.8 Å². The molecule has 19 heavy (non-hydrogen) atoms. The average molecular weight is 259 g/mol. The zero-order valence-corrected chi connectivity index (χ0v) is 11.4. The normalized spacial score (nSPS) is 22.7. The first-order chi connectivity index (χ1) is 9.24. The van der Waals surface area contributed by atoms with Gasteiger partial charge in [0.1, 0.15) is 0 Å². The first-order valence-electron chi connectivity index (χ1n) is 7.06. The number of aryl methyl sites for hydroxylation is 1. The summed E-state index contributed by atoms with van der Waals surface area (Å²) in [4.78, 5) is 13.4. The van der Waals surface area contributed by atoms with E-state index in [4.69, 9.17) is 0 Å². The molecule has 2 aliphatic rings. The molecule has 4 heteroatoms. The van der Waals surface area contributed by atoms with Crippen LogP contribution in [0.25, 0.3) is 0 Å². The van der Waals surface area contributed by atoms with Crippen LogP contribution in [0.3, 0.4) is 0 Å². The molecule has 2 N–H and O–H groups in total. The van der Waals surface area contributed by atoms with Crippen molar-refractivity contribution in [2.75, 3.05) is 25.0 Å². The summed E-state index contributed by atoms with van der Waals surface area (Å²) in [6, 6.07) is 7.05. The van der Waals surface area contributed by atoms with Crippen LogP contribution < -0.4 is 15.5 Å². The molecule has 0 bridgehead atoms. The maximum Gasteiger partial charge on any atom is 0.227 e. The second kappa shape index (κ2) is 5.31. The Hall–Kier alpha value is -1.39. The van der Waals surface area contributed by atoms with Crippen LogP contribution in [0, 0.1) is 0 Å². The van der Waals surface area contributed by atoms with E-state index in [1.54, 1.807) is 4.90 Å². The SMILES string of the molecule is CN1C(=O)CCc2cc(CNC3CCNC3)ccc21. The molecule has 0 aliphatic carbocycles. The summed E-state index contributed by atoms with van der Waals surface area (Å²) in [6.45, 7) is 3.11. The molecule has 3 rings (SSSR count). The minimum Gasteiger partial charge on any atom is -0.315 e. The van der Waals surface area contributed by atoms with Crippen molar-refractivity contribution in [3.05, 3.63) is 29.3 Å². The second-order valence-electron chi connectivity index (χ2n) is 5.49. The molecule has 4 nitrogen and oxygen atoms in total. The molecule has 0 radical (unpaired) electrons. The molecule has 2 aliphatic heterocycles. The standard InChI is InChI=1S/C15H21N3O/c1-18-14-4-2-11(8-12(14)3-5-15(18)19)9-17-13-6-7-16-10-13/h2,4,8,13,16-17H,3,5-7,9-10H2,1H3. The van der Waals surface area contributed by atoms with Crippen molar-refractivity contribution in [1.29, 1.82) is 0 Å². The summed E-state index contributed by atoms with van der Waals surface area (Å²) in [7, 11) is 1.86. The number of amides is 1. The number of anilines is 1. The van der Waals surface area contributed by atoms with Gasteiger partial charge in [-0.25, -0.2) is 0 Å². The summed E-state index contributed by atoms with van der Waals surface area (Å²) in [5, 5.41) is 6.94. The van der Waals surface area contributed by atoms with Gasteiger partial charge >= 0.3 is 0 Å². The topological polar surface area (TPSA) is 44.4 Å². The van der Waals surface area contributed by atoms with Crippen LogP contribution >= 0.6 is 0 Å².